The first kappa shape index (κ1) is 18.8. The molecule has 1 heterocycles. The van der Waals surface area contributed by atoms with E-state index >= 15 is 0 Å². The number of aryl methyl sites for hydroxylation is 1. The van der Waals surface area contributed by atoms with Crippen LogP contribution in [-0.2, 0) is 13.6 Å². The molecule has 3 rings (SSSR count). The van der Waals surface area contributed by atoms with E-state index in [0.717, 1.165) is 5.56 Å². The highest BCUT2D eigenvalue weighted by Crippen LogP contribution is 2.17. The summed E-state index contributed by atoms with van der Waals surface area (Å²) in [7, 11) is 1.82. The van der Waals surface area contributed by atoms with Gasteiger partial charge in [-0.1, -0.05) is 59.8 Å². The highest BCUT2D eigenvalue weighted by Gasteiger charge is 2.13. The molecule has 0 aliphatic rings. The number of nitrogens with zero attached hydrogens (tertiary/aromatic N) is 3. The molecular formula is C20H20N4O2S. The van der Waals surface area contributed by atoms with Crippen LogP contribution in [0.1, 0.15) is 32.1 Å². The van der Waals surface area contributed by atoms with Crippen LogP contribution in [0.5, 0.6) is 0 Å². The zero-order valence-electron chi connectivity index (χ0n) is 15.2. The Bertz CT molecular complexity index is 954. The third-order valence-electron chi connectivity index (χ3n) is 4.04. The van der Waals surface area contributed by atoms with Crippen LogP contribution in [0, 0.1) is 6.92 Å². The van der Waals surface area contributed by atoms with Gasteiger partial charge in [0, 0.05) is 18.2 Å². The standard InChI is InChI=1S/C20H20N4O2S/c1-14-7-6-10-16(11-14)19(26)21-12-18-22-23-20(24(18)2)27-13-17(25)15-8-4-3-5-9-15/h3-11H,12-13H2,1-2H3,(H,21,26). The third kappa shape index (κ3) is 4.83. The summed E-state index contributed by atoms with van der Waals surface area (Å²) in [4.78, 5) is 24.4. The molecule has 1 N–H and O–H groups in total. The van der Waals surface area contributed by atoms with Gasteiger partial charge in [0.25, 0.3) is 5.91 Å². The van der Waals surface area contributed by atoms with Crippen molar-refractivity contribution in [1.82, 2.24) is 20.1 Å². The summed E-state index contributed by atoms with van der Waals surface area (Å²) in [5.74, 6) is 0.796. The molecule has 0 radical (unpaired) electrons. The number of rotatable bonds is 7. The van der Waals surface area contributed by atoms with Gasteiger partial charge in [-0.05, 0) is 19.1 Å². The molecule has 138 valence electrons. The molecule has 0 aliphatic heterocycles. The number of benzene rings is 2. The summed E-state index contributed by atoms with van der Waals surface area (Å²) < 4.78 is 1.79. The van der Waals surface area contributed by atoms with Gasteiger partial charge in [-0.25, -0.2) is 0 Å². The molecule has 3 aromatic rings. The van der Waals surface area contributed by atoms with Crippen LogP contribution in [0.4, 0.5) is 0 Å². The van der Waals surface area contributed by atoms with Crippen LogP contribution in [0.25, 0.3) is 0 Å². The van der Waals surface area contributed by atoms with Crippen molar-refractivity contribution in [2.45, 2.75) is 18.6 Å². The second-order valence-corrected chi connectivity index (χ2v) is 7.03. The molecule has 0 spiro atoms. The molecule has 0 aliphatic carbocycles. The van der Waals surface area contributed by atoms with Crippen LogP contribution < -0.4 is 5.32 Å². The maximum absolute atomic E-state index is 12.2. The van der Waals surface area contributed by atoms with Crippen molar-refractivity contribution in [2.75, 3.05) is 5.75 Å². The van der Waals surface area contributed by atoms with Gasteiger partial charge >= 0.3 is 0 Å². The lowest BCUT2D eigenvalue weighted by Crippen LogP contribution is -2.24. The topological polar surface area (TPSA) is 76.9 Å². The molecule has 0 unspecified atom stereocenters. The fourth-order valence-electron chi connectivity index (χ4n) is 2.51. The number of thioether (sulfide) groups is 1. The minimum Gasteiger partial charge on any atom is -0.345 e. The Labute approximate surface area is 162 Å². The van der Waals surface area contributed by atoms with E-state index in [1.54, 1.807) is 22.8 Å². The lowest BCUT2D eigenvalue weighted by Gasteiger charge is -2.06. The van der Waals surface area contributed by atoms with Crippen molar-refractivity contribution in [2.24, 2.45) is 7.05 Å². The van der Waals surface area contributed by atoms with Gasteiger partial charge in [0.2, 0.25) is 0 Å². The number of aromatic nitrogens is 3. The van der Waals surface area contributed by atoms with E-state index in [0.29, 0.717) is 22.1 Å². The minimum absolute atomic E-state index is 0.0397. The van der Waals surface area contributed by atoms with E-state index < -0.39 is 0 Å². The van der Waals surface area contributed by atoms with Crippen molar-refractivity contribution in [1.29, 1.82) is 0 Å². The summed E-state index contributed by atoms with van der Waals surface area (Å²) in [5.41, 5.74) is 2.32. The van der Waals surface area contributed by atoms with Crippen LogP contribution >= 0.6 is 11.8 Å². The van der Waals surface area contributed by atoms with E-state index in [-0.39, 0.29) is 24.0 Å². The predicted octanol–water partition coefficient (Wildman–Crippen LogP) is 3.03. The Morgan fingerprint density at radius 3 is 2.52 bits per heavy atom. The highest BCUT2D eigenvalue weighted by molar-refractivity contribution is 7.99. The van der Waals surface area contributed by atoms with Gasteiger partial charge in [0.05, 0.1) is 12.3 Å². The quantitative estimate of drug-likeness (QED) is 0.504. The predicted molar refractivity (Wildman–Crippen MR) is 105 cm³/mol. The SMILES string of the molecule is Cc1cccc(C(=O)NCc2nnc(SCC(=O)c3ccccc3)n2C)c1. The smallest absolute Gasteiger partial charge is 0.251 e. The Kier molecular flexibility index (Phi) is 6.03. The number of carbonyl (C=O) groups is 2. The van der Waals surface area contributed by atoms with Gasteiger partial charge in [-0.3, -0.25) is 9.59 Å². The molecule has 2 aromatic carbocycles. The van der Waals surface area contributed by atoms with E-state index in [1.807, 2.05) is 50.4 Å². The molecule has 0 atom stereocenters. The largest absolute Gasteiger partial charge is 0.345 e. The first-order valence-corrected chi connectivity index (χ1v) is 9.47. The Morgan fingerprint density at radius 1 is 1.04 bits per heavy atom. The maximum Gasteiger partial charge on any atom is 0.251 e. The van der Waals surface area contributed by atoms with Crippen molar-refractivity contribution in [3.8, 4) is 0 Å². The molecule has 0 saturated heterocycles. The van der Waals surface area contributed by atoms with Crippen molar-refractivity contribution in [3.63, 3.8) is 0 Å². The molecule has 6 nitrogen and oxygen atoms in total. The first-order valence-electron chi connectivity index (χ1n) is 8.49. The maximum atomic E-state index is 12.2. The van der Waals surface area contributed by atoms with Crippen molar-refractivity contribution < 1.29 is 9.59 Å². The normalized spacial score (nSPS) is 10.6. The Balaban J connectivity index is 1.57. The Morgan fingerprint density at radius 2 is 1.78 bits per heavy atom. The highest BCUT2D eigenvalue weighted by atomic mass is 32.2. The molecule has 27 heavy (non-hydrogen) atoms. The molecule has 1 amide bonds. The molecule has 0 bridgehead atoms. The van der Waals surface area contributed by atoms with Crippen LogP contribution in [-0.4, -0.2) is 32.2 Å². The van der Waals surface area contributed by atoms with Crippen LogP contribution in [0.3, 0.4) is 0 Å². The number of carbonyl (C=O) groups excluding carboxylic acids is 2. The van der Waals surface area contributed by atoms with E-state index in [4.69, 9.17) is 0 Å². The average molecular weight is 380 g/mol. The zero-order valence-corrected chi connectivity index (χ0v) is 16.0. The average Bonchev–Trinajstić information content (AvgIpc) is 3.04. The van der Waals surface area contributed by atoms with Gasteiger partial charge < -0.3 is 9.88 Å². The first-order chi connectivity index (χ1) is 13.0. The summed E-state index contributed by atoms with van der Waals surface area (Å²) in [6, 6.07) is 16.6. The van der Waals surface area contributed by atoms with E-state index in [2.05, 4.69) is 15.5 Å². The van der Waals surface area contributed by atoms with Crippen LogP contribution in [0.15, 0.2) is 59.8 Å². The summed E-state index contributed by atoms with van der Waals surface area (Å²) >= 11 is 1.33. The van der Waals surface area contributed by atoms with Gasteiger partial charge in [0.1, 0.15) is 0 Å². The number of Topliss-reactive ketones (excluding diaryl/α,β-unsaturated/α-hetero) is 1. The number of hydrogen-bond donors (Lipinski definition) is 1. The molecule has 0 fully saturated rings. The zero-order chi connectivity index (χ0) is 19.2. The second-order valence-electron chi connectivity index (χ2n) is 6.09. The second kappa shape index (κ2) is 8.64. The minimum atomic E-state index is -0.157. The lowest BCUT2D eigenvalue weighted by atomic mass is 10.1. The van der Waals surface area contributed by atoms with Gasteiger partial charge in [0.15, 0.2) is 16.8 Å². The molecule has 7 heteroatoms. The summed E-state index contributed by atoms with van der Waals surface area (Å²) in [6.07, 6.45) is 0. The van der Waals surface area contributed by atoms with Crippen molar-refractivity contribution in [3.05, 3.63) is 77.1 Å². The lowest BCUT2D eigenvalue weighted by molar-refractivity contribution is 0.0948. The van der Waals surface area contributed by atoms with E-state index in [1.165, 1.54) is 11.8 Å². The Hall–Kier alpha value is -2.93. The number of hydrogen-bond acceptors (Lipinski definition) is 5. The monoisotopic (exact) mass is 380 g/mol. The fourth-order valence-corrected chi connectivity index (χ4v) is 3.33. The van der Waals surface area contributed by atoms with E-state index in [9.17, 15) is 9.59 Å². The number of nitrogens with one attached hydrogen (secondary N) is 1. The number of amides is 1. The number of ketones is 1. The molecule has 0 saturated carbocycles. The van der Waals surface area contributed by atoms with Gasteiger partial charge in [-0.15, -0.1) is 10.2 Å². The van der Waals surface area contributed by atoms with Gasteiger partial charge in [-0.2, -0.15) is 0 Å². The van der Waals surface area contributed by atoms with Crippen molar-refractivity contribution >= 4 is 23.5 Å². The summed E-state index contributed by atoms with van der Waals surface area (Å²) in [5, 5.41) is 11.7. The fraction of sp³-hybridized carbons (Fsp3) is 0.200. The molecular weight excluding hydrogens is 360 g/mol. The third-order valence-corrected chi connectivity index (χ3v) is 5.06. The van der Waals surface area contributed by atoms with Crippen LogP contribution in [0.2, 0.25) is 0 Å². The molecule has 1 aromatic heterocycles. The summed E-state index contributed by atoms with van der Waals surface area (Å²) in [6.45, 7) is 2.21.